The third kappa shape index (κ3) is 4.85. The summed E-state index contributed by atoms with van der Waals surface area (Å²) in [6.45, 7) is 4.29. The van der Waals surface area contributed by atoms with Crippen molar-refractivity contribution in [2.45, 2.75) is 58.0 Å². The van der Waals surface area contributed by atoms with Crippen molar-refractivity contribution in [2.24, 2.45) is 11.8 Å². The van der Waals surface area contributed by atoms with Crippen LogP contribution < -0.4 is 10.6 Å². The molecule has 2 rings (SSSR count). The Kier molecular flexibility index (Phi) is 7.46. The number of ether oxygens (including phenoxy) is 1. The molecule has 2 fully saturated rings. The number of fused-ring (bicyclic) bond motifs is 1. The van der Waals surface area contributed by atoms with Crippen molar-refractivity contribution in [3.05, 3.63) is 0 Å². The zero-order chi connectivity index (χ0) is 14.5. The minimum atomic E-state index is -0.289. The van der Waals surface area contributed by atoms with Crippen molar-refractivity contribution in [3.63, 3.8) is 0 Å². The normalized spacial score (nSPS) is 29.0. The minimum absolute atomic E-state index is 0. The van der Waals surface area contributed by atoms with E-state index in [1.807, 2.05) is 0 Å². The molecule has 1 saturated carbocycles. The minimum Gasteiger partial charge on any atom is -0.466 e. The van der Waals surface area contributed by atoms with Crippen LogP contribution in [0.3, 0.4) is 0 Å². The summed E-state index contributed by atoms with van der Waals surface area (Å²) in [6.07, 6.45) is 5.91. The summed E-state index contributed by atoms with van der Waals surface area (Å²) in [6, 6.07) is 0.430. The molecule has 1 saturated heterocycles. The van der Waals surface area contributed by atoms with Gasteiger partial charge in [0.15, 0.2) is 0 Å². The Morgan fingerprint density at radius 1 is 1.33 bits per heavy atom. The van der Waals surface area contributed by atoms with Crippen LogP contribution in [0.5, 0.6) is 0 Å². The van der Waals surface area contributed by atoms with E-state index in [0.29, 0.717) is 25.1 Å². The van der Waals surface area contributed by atoms with Gasteiger partial charge in [-0.1, -0.05) is 19.8 Å². The molecule has 0 spiro atoms. The number of amides is 1. The van der Waals surface area contributed by atoms with Crippen LogP contribution >= 0.6 is 12.4 Å². The molecule has 0 aromatic carbocycles. The lowest BCUT2D eigenvalue weighted by atomic mass is 9.85. The van der Waals surface area contributed by atoms with Crippen LogP contribution in [0.1, 0.15) is 46.0 Å². The maximum Gasteiger partial charge on any atom is 0.310 e. The third-order valence-corrected chi connectivity index (χ3v) is 4.45. The van der Waals surface area contributed by atoms with E-state index >= 15 is 0 Å². The lowest BCUT2D eigenvalue weighted by molar-refractivity contribution is -0.147. The molecule has 5 nitrogen and oxygen atoms in total. The fourth-order valence-electron chi connectivity index (χ4n) is 3.27. The topological polar surface area (TPSA) is 67.4 Å². The number of halogens is 1. The molecule has 122 valence electrons. The first kappa shape index (κ1) is 18.2. The zero-order valence-corrected chi connectivity index (χ0v) is 13.7. The molecule has 0 aromatic rings. The largest absolute Gasteiger partial charge is 0.466 e. The molecule has 2 aliphatic rings. The quantitative estimate of drug-likeness (QED) is 0.756. The number of nitrogens with one attached hydrogen (secondary N) is 2. The smallest absolute Gasteiger partial charge is 0.310 e. The predicted molar refractivity (Wildman–Crippen MR) is 83.3 cm³/mol. The average Bonchev–Trinajstić information content (AvgIpc) is 2.88. The van der Waals surface area contributed by atoms with Gasteiger partial charge in [0.2, 0.25) is 5.91 Å². The highest BCUT2D eigenvalue weighted by atomic mass is 35.5. The first-order chi connectivity index (χ1) is 9.61. The van der Waals surface area contributed by atoms with Crippen LogP contribution in [0.4, 0.5) is 0 Å². The maximum atomic E-state index is 12.1. The highest BCUT2D eigenvalue weighted by molar-refractivity contribution is 5.85. The Labute approximate surface area is 133 Å². The van der Waals surface area contributed by atoms with Crippen molar-refractivity contribution < 1.29 is 14.3 Å². The molecule has 21 heavy (non-hydrogen) atoms. The summed E-state index contributed by atoms with van der Waals surface area (Å²) in [4.78, 5) is 23.6. The van der Waals surface area contributed by atoms with E-state index in [1.54, 1.807) is 13.8 Å². The van der Waals surface area contributed by atoms with E-state index in [1.165, 1.54) is 25.7 Å². The standard InChI is InChI=1S/C15H26N2O3.ClH/c1-3-20-15(19)10(2)9-16-14(18)13-8-11-6-4-5-7-12(11)17-13;/h10-13,17H,3-9H2,1-2H3,(H,16,18);1H. The summed E-state index contributed by atoms with van der Waals surface area (Å²) >= 11 is 0. The van der Waals surface area contributed by atoms with Gasteiger partial charge >= 0.3 is 5.97 Å². The molecule has 2 N–H and O–H groups in total. The van der Waals surface area contributed by atoms with Gasteiger partial charge in [-0.2, -0.15) is 0 Å². The monoisotopic (exact) mass is 318 g/mol. The van der Waals surface area contributed by atoms with Crippen molar-refractivity contribution in [2.75, 3.05) is 13.2 Å². The molecular weight excluding hydrogens is 292 g/mol. The first-order valence-corrected chi connectivity index (χ1v) is 7.82. The molecule has 0 aromatic heterocycles. The zero-order valence-electron chi connectivity index (χ0n) is 12.9. The second kappa shape index (κ2) is 8.59. The van der Waals surface area contributed by atoms with E-state index in [9.17, 15) is 9.59 Å². The van der Waals surface area contributed by atoms with E-state index in [4.69, 9.17) is 4.74 Å². The maximum absolute atomic E-state index is 12.1. The van der Waals surface area contributed by atoms with Crippen molar-refractivity contribution in [1.29, 1.82) is 0 Å². The average molecular weight is 319 g/mol. The van der Waals surface area contributed by atoms with E-state index in [-0.39, 0.29) is 36.2 Å². The van der Waals surface area contributed by atoms with Gasteiger partial charge in [0.05, 0.1) is 18.6 Å². The number of rotatable bonds is 5. The molecule has 1 aliphatic carbocycles. The number of esters is 1. The van der Waals surface area contributed by atoms with Crippen LogP contribution in [0.15, 0.2) is 0 Å². The third-order valence-electron chi connectivity index (χ3n) is 4.45. The number of carbonyl (C=O) groups excluding carboxylic acids is 2. The van der Waals surface area contributed by atoms with Crippen LogP contribution in [-0.4, -0.2) is 37.1 Å². The molecule has 6 heteroatoms. The van der Waals surface area contributed by atoms with Gasteiger partial charge in [0, 0.05) is 12.6 Å². The lowest BCUT2D eigenvalue weighted by Crippen LogP contribution is -2.45. The Bertz CT molecular complexity index is 351. The van der Waals surface area contributed by atoms with Gasteiger partial charge in [-0.3, -0.25) is 9.59 Å². The molecular formula is C15H27ClN2O3. The van der Waals surface area contributed by atoms with Gasteiger partial charge < -0.3 is 15.4 Å². The lowest BCUT2D eigenvalue weighted by Gasteiger charge is -2.24. The van der Waals surface area contributed by atoms with Gasteiger partial charge in [-0.05, 0) is 32.1 Å². The Morgan fingerprint density at radius 3 is 2.71 bits per heavy atom. The van der Waals surface area contributed by atoms with Gasteiger partial charge in [0.1, 0.15) is 0 Å². The van der Waals surface area contributed by atoms with Crippen molar-refractivity contribution in [1.82, 2.24) is 10.6 Å². The summed E-state index contributed by atoms with van der Waals surface area (Å²) in [5.74, 6) is 0.140. The van der Waals surface area contributed by atoms with Crippen molar-refractivity contribution >= 4 is 24.3 Å². The SMILES string of the molecule is CCOC(=O)C(C)CNC(=O)C1CC2CCCCC2N1.Cl. The molecule has 1 heterocycles. The highest BCUT2D eigenvalue weighted by Gasteiger charge is 2.38. The first-order valence-electron chi connectivity index (χ1n) is 7.82. The van der Waals surface area contributed by atoms with Crippen LogP contribution in [0.2, 0.25) is 0 Å². The number of hydrogen-bond donors (Lipinski definition) is 2. The van der Waals surface area contributed by atoms with Crippen LogP contribution in [0.25, 0.3) is 0 Å². The molecule has 1 aliphatic heterocycles. The predicted octanol–water partition coefficient (Wildman–Crippen LogP) is 1.64. The number of hydrogen-bond acceptors (Lipinski definition) is 4. The van der Waals surface area contributed by atoms with Gasteiger partial charge in [-0.25, -0.2) is 0 Å². The fourth-order valence-corrected chi connectivity index (χ4v) is 3.27. The molecule has 1 amide bonds. The second-order valence-corrected chi connectivity index (χ2v) is 6.00. The van der Waals surface area contributed by atoms with Crippen molar-refractivity contribution in [3.8, 4) is 0 Å². The molecule has 0 bridgehead atoms. The van der Waals surface area contributed by atoms with Crippen LogP contribution in [-0.2, 0) is 14.3 Å². The summed E-state index contributed by atoms with van der Waals surface area (Å²) in [7, 11) is 0. The molecule has 4 unspecified atom stereocenters. The highest BCUT2D eigenvalue weighted by Crippen LogP contribution is 2.33. The Balaban J connectivity index is 0.00000220. The summed E-state index contributed by atoms with van der Waals surface area (Å²) in [5.41, 5.74) is 0. The summed E-state index contributed by atoms with van der Waals surface area (Å²) < 4.78 is 4.93. The Morgan fingerprint density at radius 2 is 2.05 bits per heavy atom. The fraction of sp³-hybridized carbons (Fsp3) is 0.867. The van der Waals surface area contributed by atoms with Gasteiger partial charge in [0.25, 0.3) is 0 Å². The van der Waals surface area contributed by atoms with Crippen LogP contribution in [0, 0.1) is 11.8 Å². The Hall–Kier alpha value is -0.810. The van der Waals surface area contributed by atoms with E-state index in [2.05, 4.69) is 10.6 Å². The molecule has 4 atom stereocenters. The number of carbonyl (C=O) groups is 2. The summed E-state index contributed by atoms with van der Waals surface area (Å²) in [5, 5.41) is 6.31. The molecule has 0 radical (unpaired) electrons. The van der Waals surface area contributed by atoms with E-state index in [0.717, 1.165) is 6.42 Å². The second-order valence-electron chi connectivity index (χ2n) is 6.00. The van der Waals surface area contributed by atoms with E-state index < -0.39 is 0 Å². The van der Waals surface area contributed by atoms with Gasteiger partial charge in [-0.15, -0.1) is 12.4 Å².